The van der Waals surface area contributed by atoms with E-state index >= 15 is 0 Å². The maximum atomic E-state index is 12.5. The second kappa shape index (κ2) is 17.8. The van der Waals surface area contributed by atoms with Crippen LogP contribution in [0, 0.1) is 0 Å². The van der Waals surface area contributed by atoms with Crippen LogP contribution in [0.4, 0.5) is 23.5 Å². The molecule has 0 spiro atoms. The van der Waals surface area contributed by atoms with Crippen LogP contribution in [-0.2, 0) is 16.0 Å². The zero-order chi connectivity index (χ0) is 31.0. The van der Waals surface area contributed by atoms with Gasteiger partial charge in [0, 0.05) is 42.5 Å². The number of carbonyl (C=O) groups excluding carboxylic acids is 1. The van der Waals surface area contributed by atoms with E-state index in [1.807, 2.05) is 30.3 Å². The molecule has 2 aromatic carbocycles. The molecule has 3 aromatic rings. The van der Waals surface area contributed by atoms with Gasteiger partial charge in [-0.3, -0.25) is 4.79 Å². The molecule has 0 unspecified atom stereocenters. The highest BCUT2D eigenvalue weighted by Gasteiger charge is 2.17. The number of rotatable bonds is 18. The summed E-state index contributed by atoms with van der Waals surface area (Å²) in [7, 11) is 3.23. The zero-order valence-corrected chi connectivity index (χ0v) is 25.6. The number of para-hydroxylation sites is 1. The van der Waals surface area contributed by atoms with Crippen molar-refractivity contribution >= 4 is 29.4 Å². The number of nitrogens with one attached hydrogen (secondary N) is 4. The number of nitrogens with zero attached hydrogens (tertiary/aromatic N) is 3. The van der Waals surface area contributed by atoms with Crippen LogP contribution >= 0.6 is 0 Å². The first-order valence-corrected chi connectivity index (χ1v) is 15.1. The Labute approximate surface area is 258 Å². The van der Waals surface area contributed by atoms with Gasteiger partial charge in [-0.05, 0) is 43.2 Å². The van der Waals surface area contributed by atoms with E-state index in [9.17, 15) is 4.79 Å². The monoisotopic (exact) mass is 608 g/mol. The van der Waals surface area contributed by atoms with E-state index in [2.05, 4.69) is 36.2 Å². The average Bonchev–Trinajstić information content (AvgIpc) is 3.05. The third-order valence-electron chi connectivity index (χ3n) is 7.06. The van der Waals surface area contributed by atoms with Crippen LogP contribution in [0.3, 0.4) is 0 Å². The fraction of sp³-hybridized carbons (Fsp3) is 0.484. The number of ether oxygens (including phenoxy) is 4. The highest BCUT2D eigenvalue weighted by molar-refractivity contribution is 5.94. The van der Waals surface area contributed by atoms with Crippen molar-refractivity contribution in [3.63, 3.8) is 0 Å². The van der Waals surface area contributed by atoms with Crippen molar-refractivity contribution in [1.29, 1.82) is 0 Å². The van der Waals surface area contributed by atoms with Gasteiger partial charge in [0.1, 0.15) is 0 Å². The molecule has 0 atom stereocenters. The Morgan fingerprint density at radius 2 is 1.59 bits per heavy atom. The van der Waals surface area contributed by atoms with E-state index in [0.717, 1.165) is 24.1 Å². The predicted molar refractivity (Wildman–Crippen MR) is 170 cm³/mol. The number of aromatic nitrogens is 3. The lowest BCUT2D eigenvalue weighted by Crippen LogP contribution is -2.27. The summed E-state index contributed by atoms with van der Waals surface area (Å²) in [6.45, 7) is 3.14. The van der Waals surface area contributed by atoms with Crippen molar-refractivity contribution in [1.82, 2.24) is 20.3 Å². The molecule has 13 nitrogen and oxygen atoms in total. The number of hydrogen-bond acceptors (Lipinski definition) is 12. The summed E-state index contributed by atoms with van der Waals surface area (Å²) < 4.78 is 21.7. The summed E-state index contributed by atoms with van der Waals surface area (Å²) in [5, 5.41) is 12.9. The maximum Gasteiger partial charge on any atom is 0.251 e. The van der Waals surface area contributed by atoms with Crippen LogP contribution in [-0.4, -0.2) is 80.6 Å². The van der Waals surface area contributed by atoms with Gasteiger partial charge in [-0.1, -0.05) is 31.4 Å². The first-order valence-electron chi connectivity index (χ1n) is 15.1. The molecule has 44 heavy (non-hydrogen) atoms. The Bertz CT molecular complexity index is 1300. The molecule has 0 radical (unpaired) electrons. The normalized spacial score (nSPS) is 13.2. The Balaban J connectivity index is 1.38. The molecule has 1 saturated carbocycles. The third-order valence-corrected chi connectivity index (χ3v) is 7.06. The minimum absolute atomic E-state index is 0.182. The first kappa shape index (κ1) is 32.7. The van der Waals surface area contributed by atoms with E-state index < -0.39 is 0 Å². The van der Waals surface area contributed by atoms with Gasteiger partial charge in [-0.25, -0.2) is 0 Å². The summed E-state index contributed by atoms with van der Waals surface area (Å²) in [5.74, 6) is 2.41. The molecule has 1 aliphatic carbocycles. The lowest BCUT2D eigenvalue weighted by Gasteiger charge is -2.23. The fourth-order valence-corrected chi connectivity index (χ4v) is 4.85. The number of hydrogen-bond donors (Lipinski definition) is 5. The summed E-state index contributed by atoms with van der Waals surface area (Å²) in [4.78, 5) is 26.4. The minimum Gasteiger partial charge on any atom is -0.493 e. The number of carbonyl (C=O) groups is 1. The molecule has 1 aromatic heterocycles. The molecule has 0 bridgehead atoms. The molecule has 1 fully saturated rings. The highest BCUT2D eigenvalue weighted by atomic mass is 16.5. The van der Waals surface area contributed by atoms with Crippen LogP contribution in [0.15, 0.2) is 42.5 Å². The number of nitrogens with two attached hydrogens (primary N) is 1. The third kappa shape index (κ3) is 10.2. The van der Waals surface area contributed by atoms with E-state index in [0.29, 0.717) is 87.0 Å². The second-order valence-corrected chi connectivity index (χ2v) is 10.3. The van der Waals surface area contributed by atoms with Crippen molar-refractivity contribution in [2.45, 2.75) is 44.7 Å². The van der Waals surface area contributed by atoms with E-state index in [1.165, 1.54) is 19.3 Å². The Morgan fingerprint density at radius 3 is 2.32 bits per heavy atom. The smallest absolute Gasteiger partial charge is 0.251 e. The Kier molecular flexibility index (Phi) is 13.2. The molecule has 1 heterocycles. The van der Waals surface area contributed by atoms with Crippen molar-refractivity contribution in [3.8, 4) is 11.5 Å². The van der Waals surface area contributed by atoms with Gasteiger partial charge in [-0.15, -0.1) is 0 Å². The van der Waals surface area contributed by atoms with Crippen molar-refractivity contribution in [2.75, 3.05) is 69.7 Å². The molecule has 0 saturated heterocycles. The summed E-state index contributed by atoms with van der Waals surface area (Å²) in [6, 6.07) is 13.2. The average molecular weight is 609 g/mol. The zero-order valence-electron chi connectivity index (χ0n) is 25.6. The van der Waals surface area contributed by atoms with Crippen LogP contribution in [0.25, 0.3) is 0 Å². The van der Waals surface area contributed by atoms with Gasteiger partial charge in [0.05, 0.1) is 40.6 Å². The lowest BCUT2D eigenvalue weighted by molar-refractivity contribution is 0.0511. The van der Waals surface area contributed by atoms with Crippen LogP contribution in [0.5, 0.6) is 11.5 Å². The largest absolute Gasteiger partial charge is 0.493 e. The molecule has 4 rings (SSSR count). The van der Waals surface area contributed by atoms with Gasteiger partial charge in [0.15, 0.2) is 11.5 Å². The van der Waals surface area contributed by atoms with Crippen molar-refractivity contribution < 1.29 is 23.7 Å². The highest BCUT2D eigenvalue weighted by Crippen LogP contribution is 2.31. The molecule has 238 valence electrons. The van der Waals surface area contributed by atoms with E-state index in [1.54, 1.807) is 26.4 Å². The number of anilines is 4. The molecule has 0 aliphatic heterocycles. The van der Waals surface area contributed by atoms with Gasteiger partial charge in [0.2, 0.25) is 17.8 Å². The Morgan fingerprint density at radius 1 is 0.864 bits per heavy atom. The maximum absolute atomic E-state index is 12.5. The van der Waals surface area contributed by atoms with Gasteiger partial charge in [-0.2, -0.15) is 15.0 Å². The van der Waals surface area contributed by atoms with Gasteiger partial charge >= 0.3 is 0 Å². The van der Waals surface area contributed by atoms with Crippen molar-refractivity contribution in [3.05, 3.63) is 53.6 Å². The van der Waals surface area contributed by atoms with Gasteiger partial charge in [0.25, 0.3) is 5.91 Å². The molecule has 1 aliphatic rings. The Hall–Kier alpha value is -4.20. The molecular formula is C31H44N8O5. The van der Waals surface area contributed by atoms with E-state index in [4.69, 9.17) is 24.7 Å². The standard InChI is InChI=1S/C31H44N8O5/c1-41-26-10-6-7-23(27(26)42-2)21-34-29-37-30(35-24-8-4-3-5-9-24)39-31(38-29)36-25-13-11-22(12-14-25)28(40)33-16-18-44-20-19-43-17-15-32/h6-7,10-14,24H,3-5,8-9,15-21,32H2,1-2H3,(H,33,40)(H3,34,35,36,37,38,39). The van der Waals surface area contributed by atoms with Crippen LogP contribution in [0.1, 0.15) is 48.0 Å². The molecule has 1 amide bonds. The molecular weight excluding hydrogens is 564 g/mol. The van der Waals surface area contributed by atoms with E-state index in [-0.39, 0.29) is 5.91 Å². The molecule has 6 N–H and O–H groups in total. The number of amides is 1. The minimum atomic E-state index is -0.182. The summed E-state index contributed by atoms with van der Waals surface area (Å²) >= 11 is 0. The van der Waals surface area contributed by atoms with Crippen LogP contribution in [0.2, 0.25) is 0 Å². The number of methoxy groups -OCH3 is 2. The quantitative estimate of drug-likeness (QED) is 0.133. The first-order chi connectivity index (χ1) is 21.6. The van der Waals surface area contributed by atoms with Crippen LogP contribution < -0.4 is 36.5 Å². The lowest BCUT2D eigenvalue weighted by atomic mass is 9.96. The molecule has 13 heteroatoms. The SMILES string of the molecule is COc1cccc(CNc2nc(Nc3ccc(C(=O)NCCOCCOCCN)cc3)nc(NC3CCCCC3)n2)c1OC. The summed E-state index contributed by atoms with van der Waals surface area (Å²) in [5.41, 5.74) is 7.55. The summed E-state index contributed by atoms with van der Waals surface area (Å²) in [6.07, 6.45) is 5.79. The fourth-order valence-electron chi connectivity index (χ4n) is 4.85. The van der Waals surface area contributed by atoms with Gasteiger partial charge < -0.3 is 45.9 Å². The predicted octanol–water partition coefficient (Wildman–Crippen LogP) is 3.71. The van der Waals surface area contributed by atoms with Crippen molar-refractivity contribution in [2.24, 2.45) is 5.73 Å². The topological polar surface area (TPSA) is 167 Å². The number of benzene rings is 2. The second-order valence-electron chi connectivity index (χ2n) is 10.3.